The quantitative estimate of drug-likeness (QED) is 0.517. The van der Waals surface area contributed by atoms with Crippen LogP contribution in [0, 0.1) is 29.4 Å². The molecule has 0 unspecified atom stereocenters. The molecule has 0 radical (unpaired) electrons. The standard InChI is InChI=1S/C24H32F2N4O4/c1-29(2)23(31)13-19-20(25)11-17(12-21(19)26)33-9-6-16-10-18(16)15-4-7-30(8-5-15)24-27-22(14-32-3)28-34-24/h11-12,15-16,18H,4-10,13-14H2,1-3H3/t16-,18+/m0/s1. The predicted octanol–water partition coefficient (Wildman–Crippen LogP) is 3.45. The van der Waals surface area contributed by atoms with Crippen LogP contribution in [0.3, 0.4) is 0 Å². The number of halogens is 2. The molecule has 10 heteroatoms. The maximum Gasteiger partial charge on any atom is 0.324 e. The molecule has 1 saturated carbocycles. The molecule has 2 atom stereocenters. The van der Waals surface area contributed by atoms with Crippen LogP contribution in [0.1, 0.15) is 37.1 Å². The zero-order chi connectivity index (χ0) is 24.2. The number of rotatable bonds is 10. The van der Waals surface area contributed by atoms with Crippen LogP contribution in [-0.4, -0.2) is 61.8 Å². The highest BCUT2D eigenvalue weighted by atomic mass is 19.1. The van der Waals surface area contributed by atoms with Crippen molar-refractivity contribution in [3.05, 3.63) is 35.2 Å². The lowest BCUT2D eigenvalue weighted by Gasteiger charge is -2.30. The van der Waals surface area contributed by atoms with E-state index in [0.29, 0.717) is 42.8 Å². The number of hydrogen-bond acceptors (Lipinski definition) is 7. The van der Waals surface area contributed by atoms with Crippen LogP contribution in [0.4, 0.5) is 14.8 Å². The molecule has 8 nitrogen and oxygen atoms in total. The molecule has 2 aliphatic rings. The highest BCUT2D eigenvalue weighted by molar-refractivity contribution is 5.78. The number of nitrogens with zero attached hydrogens (tertiary/aromatic N) is 4. The minimum Gasteiger partial charge on any atom is -0.493 e. The van der Waals surface area contributed by atoms with Gasteiger partial charge in [-0.3, -0.25) is 4.79 Å². The fourth-order valence-corrected chi connectivity index (χ4v) is 4.73. The van der Waals surface area contributed by atoms with Crippen molar-refractivity contribution in [1.82, 2.24) is 15.0 Å². The van der Waals surface area contributed by atoms with Gasteiger partial charge in [0.1, 0.15) is 24.0 Å². The number of likely N-dealkylation sites (N-methyl/N-ethyl adjacent to an activating group) is 1. The van der Waals surface area contributed by atoms with E-state index in [1.54, 1.807) is 21.2 Å². The number of piperidine rings is 1. The Labute approximate surface area is 198 Å². The van der Waals surface area contributed by atoms with Crippen molar-refractivity contribution >= 4 is 11.9 Å². The molecule has 1 aromatic carbocycles. The topological polar surface area (TPSA) is 80.9 Å². The van der Waals surface area contributed by atoms with Crippen molar-refractivity contribution in [2.45, 2.75) is 38.7 Å². The molecule has 186 valence electrons. The molecule has 1 aliphatic carbocycles. The molecule has 4 rings (SSSR count). The van der Waals surface area contributed by atoms with Crippen molar-refractivity contribution in [3.63, 3.8) is 0 Å². The number of ether oxygens (including phenoxy) is 2. The number of carbonyl (C=O) groups is 1. The number of anilines is 1. The number of methoxy groups -OCH3 is 1. The van der Waals surface area contributed by atoms with E-state index in [1.165, 1.54) is 11.3 Å². The van der Waals surface area contributed by atoms with Crippen molar-refractivity contribution in [3.8, 4) is 5.75 Å². The lowest BCUT2D eigenvalue weighted by molar-refractivity contribution is -0.128. The van der Waals surface area contributed by atoms with Crippen LogP contribution in [0.5, 0.6) is 5.75 Å². The summed E-state index contributed by atoms with van der Waals surface area (Å²) in [6, 6.07) is 2.89. The summed E-state index contributed by atoms with van der Waals surface area (Å²) in [5.74, 6) is 0.766. The third-order valence-electron chi connectivity index (χ3n) is 6.82. The molecule has 2 heterocycles. The minimum atomic E-state index is -0.753. The van der Waals surface area contributed by atoms with Gasteiger partial charge in [0.15, 0.2) is 5.82 Å². The van der Waals surface area contributed by atoms with Crippen molar-refractivity contribution in [2.24, 2.45) is 17.8 Å². The Balaban J connectivity index is 1.19. The fraction of sp³-hybridized carbons (Fsp3) is 0.625. The summed E-state index contributed by atoms with van der Waals surface area (Å²) >= 11 is 0. The van der Waals surface area contributed by atoms with Crippen molar-refractivity contribution in [2.75, 3.05) is 45.8 Å². The van der Waals surface area contributed by atoms with Gasteiger partial charge >= 0.3 is 6.01 Å². The van der Waals surface area contributed by atoms with E-state index < -0.39 is 11.6 Å². The Morgan fingerprint density at radius 1 is 1.24 bits per heavy atom. The highest BCUT2D eigenvalue weighted by Crippen LogP contribution is 2.50. The summed E-state index contributed by atoms with van der Waals surface area (Å²) in [5, 5.41) is 3.92. The van der Waals surface area contributed by atoms with Gasteiger partial charge < -0.3 is 23.8 Å². The summed E-state index contributed by atoms with van der Waals surface area (Å²) in [7, 11) is 4.70. The van der Waals surface area contributed by atoms with Gasteiger partial charge in [-0.25, -0.2) is 8.78 Å². The molecular weight excluding hydrogens is 446 g/mol. The first-order valence-electron chi connectivity index (χ1n) is 11.7. The smallest absolute Gasteiger partial charge is 0.324 e. The fourth-order valence-electron chi connectivity index (χ4n) is 4.73. The zero-order valence-corrected chi connectivity index (χ0v) is 19.9. The lowest BCUT2D eigenvalue weighted by atomic mass is 9.90. The van der Waals surface area contributed by atoms with Gasteiger partial charge in [0.2, 0.25) is 5.91 Å². The molecule has 1 amide bonds. The summed E-state index contributed by atoms with van der Waals surface area (Å²) in [4.78, 5) is 19.6. The molecule has 2 fully saturated rings. The second kappa shape index (κ2) is 10.7. The van der Waals surface area contributed by atoms with E-state index in [0.717, 1.165) is 44.5 Å². The maximum absolute atomic E-state index is 14.3. The van der Waals surface area contributed by atoms with Crippen LogP contribution in [0.15, 0.2) is 16.7 Å². The molecule has 1 aliphatic heterocycles. The van der Waals surface area contributed by atoms with Gasteiger partial charge in [-0.2, -0.15) is 4.98 Å². The minimum absolute atomic E-state index is 0.161. The van der Waals surface area contributed by atoms with Gasteiger partial charge in [0.05, 0.1) is 13.0 Å². The molecule has 0 bridgehead atoms. The number of benzene rings is 1. The Hall–Kier alpha value is -2.75. The predicted molar refractivity (Wildman–Crippen MR) is 120 cm³/mol. The molecule has 1 saturated heterocycles. The van der Waals surface area contributed by atoms with Crippen molar-refractivity contribution < 1.29 is 27.6 Å². The Morgan fingerprint density at radius 2 is 1.94 bits per heavy atom. The van der Waals surface area contributed by atoms with Crippen LogP contribution in [0.2, 0.25) is 0 Å². The van der Waals surface area contributed by atoms with Gasteiger partial charge in [0, 0.05) is 52.0 Å². The largest absolute Gasteiger partial charge is 0.493 e. The first kappa shape index (κ1) is 24.4. The van der Waals surface area contributed by atoms with Gasteiger partial charge in [-0.1, -0.05) is 5.16 Å². The summed E-state index contributed by atoms with van der Waals surface area (Å²) in [6.45, 7) is 2.53. The lowest BCUT2D eigenvalue weighted by Crippen LogP contribution is -2.34. The van der Waals surface area contributed by atoms with Gasteiger partial charge in [-0.05, 0) is 43.4 Å². The number of carbonyl (C=O) groups excluding carboxylic acids is 1. The first-order valence-corrected chi connectivity index (χ1v) is 11.7. The number of aromatic nitrogens is 2. The second-order valence-electron chi connectivity index (χ2n) is 9.38. The summed E-state index contributed by atoms with van der Waals surface area (Å²) in [6.07, 6.45) is 3.87. The van der Waals surface area contributed by atoms with Crippen LogP contribution < -0.4 is 9.64 Å². The molecule has 2 aromatic rings. The summed E-state index contributed by atoms with van der Waals surface area (Å²) in [5.41, 5.74) is -0.227. The Bertz CT molecular complexity index is 968. The maximum atomic E-state index is 14.3. The van der Waals surface area contributed by atoms with E-state index in [-0.39, 0.29) is 23.6 Å². The monoisotopic (exact) mass is 478 g/mol. The first-order chi connectivity index (χ1) is 16.4. The summed E-state index contributed by atoms with van der Waals surface area (Å²) < 4.78 is 44.6. The molecule has 0 spiro atoms. The normalized spacial score (nSPS) is 20.4. The third kappa shape index (κ3) is 5.84. The molecule has 34 heavy (non-hydrogen) atoms. The van der Waals surface area contributed by atoms with E-state index >= 15 is 0 Å². The third-order valence-corrected chi connectivity index (χ3v) is 6.82. The van der Waals surface area contributed by atoms with E-state index in [9.17, 15) is 13.6 Å². The van der Waals surface area contributed by atoms with Crippen molar-refractivity contribution in [1.29, 1.82) is 0 Å². The van der Waals surface area contributed by atoms with Crippen LogP contribution in [0.25, 0.3) is 0 Å². The SMILES string of the molecule is COCc1noc(N2CCC([C@H]3C[C@@H]3CCOc3cc(F)c(CC(=O)N(C)C)c(F)c3)CC2)n1. The average molecular weight is 479 g/mol. The van der Waals surface area contributed by atoms with E-state index in [2.05, 4.69) is 15.0 Å². The Morgan fingerprint density at radius 3 is 2.59 bits per heavy atom. The van der Waals surface area contributed by atoms with Gasteiger partial charge in [-0.15, -0.1) is 0 Å². The number of amides is 1. The average Bonchev–Trinajstić information content (AvgIpc) is 3.43. The second-order valence-corrected chi connectivity index (χ2v) is 9.38. The molecule has 1 aromatic heterocycles. The van der Waals surface area contributed by atoms with Crippen LogP contribution in [-0.2, 0) is 22.6 Å². The molecular formula is C24H32F2N4O4. The van der Waals surface area contributed by atoms with E-state index in [4.69, 9.17) is 14.0 Å². The highest BCUT2D eigenvalue weighted by Gasteiger charge is 2.43. The Kier molecular flexibility index (Phi) is 7.65. The molecule has 0 N–H and O–H groups in total. The number of hydrogen-bond donors (Lipinski definition) is 0. The zero-order valence-electron chi connectivity index (χ0n) is 19.9. The van der Waals surface area contributed by atoms with Crippen LogP contribution >= 0.6 is 0 Å². The van der Waals surface area contributed by atoms with E-state index in [1.807, 2.05) is 0 Å². The van der Waals surface area contributed by atoms with Gasteiger partial charge in [0.25, 0.3) is 0 Å².